The number of carbonyl (C=O) groups excluding carboxylic acids is 1. The van der Waals surface area contributed by atoms with Gasteiger partial charge in [0.15, 0.2) is 0 Å². The average Bonchev–Trinajstić information content (AvgIpc) is 2.85. The summed E-state index contributed by atoms with van der Waals surface area (Å²) in [5.74, 6) is -0.0978. The number of aryl methyl sites for hydroxylation is 1. The first-order chi connectivity index (χ1) is 16.3. The van der Waals surface area contributed by atoms with Crippen LogP contribution in [0.1, 0.15) is 40.0 Å². The Morgan fingerprint density at radius 2 is 1.50 bits per heavy atom. The van der Waals surface area contributed by atoms with Crippen LogP contribution in [0.15, 0.2) is 83.8 Å². The normalized spacial score (nSPS) is 16.2. The second kappa shape index (κ2) is 10.5. The largest absolute Gasteiger partial charge is 0.346 e. The molecule has 178 valence electrons. The fourth-order valence-corrected chi connectivity index (χ4v) is 5.55. The van der Waals surface area contributed by atoms with E-state index in [1.54, 1.807) is 28.6 Å². The molecule has 1 atom stereocenters. The minimum absolute atomic E-state index is 0.0729. The number of benzene rings is 3. The molecular formula is C27H31N3O3S. The number of amides is 1. The summed E-state index contributed by atoms with van der Waals surface area (Å²) >= 11 is 0. The van der Waals surface area contributed by atoms with Crippen LogP contribution >= 0.6 is 0 Å². The van der Waals surface area contributed by atoms with E-state index in [2.05, 4.69) is 10.2 Å². The zero-order chi connectivity index (χ0) is 24.1. The number of piperazine rings is 1. The lowest BCUT2D eigenvalue weighted by Crippen LogP contribution is -2.48. The van der Waals surface area contributed by atoms with Crippen LogP contribution in [0.5, 0.6) is 0 Å². The number of rotatable bonds is 7. The van der Waals surface area contributed by atoms with E-state index in [1.807, 2.05) is 68.4 Å². The highest BCUT2D eigenvalue weighted by Gasteiger charge is 2.28. The van der Waals surface area contributed by atoms with E-state index in [0.717, 1.165) is 17.7 Å². The van der Waals surface area contributed by atoms with Gasteiger partial charge in [-0.05, 0) is 49.2 Å². The van der Waals surface area contributed by atoms with E-state index in [-0.39, 0.29) is 11.9 Å². The number of nitrogens with zero attached hydrogens (tertiary/aromatic N) is 2. The van der Waals surface area contributed by atoms with Gasteiger partial charge in [0, 0.05) is 38.3 Å². The third-order valence-electron chi connectivity index (χ3n) is 6.26. The van der Waals surface area contributed by atoms with Gasteiger partial charge in [0.25, 0.3) is 5.91 Å². The number of carbonyl (C=O) groups is 1. The highest BCUT2D eigenvalue weighted by Crippen LogP contribution is 2.19. The molecule has 6 nitrogen and oxygen atoms in total. The van der Waals surface area contributed by atoms with E-state index in [4.69, 9.17) is 0 Å². The summed E-state index contributed by atoms with van der Waals surface area (Å²) in [6, 6.07) is 24.3. The van der Waals surface area contributed by atoms with Crippen LogP contribution in [0.4, 0.5) is 0 Å². The Balaban J connectivity index is 1.29. The Bertz CT molecular complexity index is 1200. The van der Waals surface area contributed by atoms with Crippen molar-refractivity contribution in [2.75, 3.05) is 26.2 Å². The molecule has 0 aliphatic carbocycles. The van der Waals surface area contributed by atoms with E-state index < -0.39 is 10.0 Å². The maximum atomic E-state index is 12.8. The molecule has 3 aromatic rings. The highest BCUT2D eigenvalue weighted by molar-refractivity contribution is 7.89. The first-order valence-electron chi connectivity index (χ1n) is 11.6. The van der Waals surface area contributed by atoms with E-state index >= 15 is 0 Å². The third kappa shape index (κ3) is 5.73. The molecule has 7 heteroatoms. The molecular weight excluding hydrogens is 446 g/mol. The van der Waals surface area contributed by atoms with E-state index in [9.17, 15) is 13.2 Å². The van der Waals surface area contributed by atoms with Crippen LogP contribution in [0.2, 0.25) is 0 Å². The van der Waals surface area contributed by atoms with Gasteiger partial charge in [-0.25, -0.2) is 8.42 Å². The number of nitrogens with one attached hydrogen (secondary N) is 1. The van der Waals surface area contributed by atoms with Crippen LogP contribution in [-0.2, 0) is 16.6 Å². The lowest BCUT2D eigenvalue weighted by atomic mass is 10.1. The van der Waals surface area contributed by atoms with Crippen molar-refractivity contribution in [3.8, 4) is 0 Å². The molecule has 1 amide bonds. The number of sulfonamides is 1. The molecule has 1 fully saturated rings. The van der Waals surface area contributed by atoms with Gasteiger partial charge in [-0.1, -0.05) is 60.2 Å². The summed E-state index contributed by atoms with van der Waals surface area (Å²) in [7, 11) is -3.44. The topological polar surface area (TPSA) is 69.7 Å². The quantitative estimate of drug-likeness (QED) is 0.559. The monoisotopic (exact) mass is 477 g/mol. The molecule has 1 heterocycles. The summed E-state index contributed by atoms with van der Waals surface area (Å²) in [6.45, 7) is 7.02. The molecule has 34 heavy (non-hydrogen) atoms. The SMILES string of the molecule is Cc1ccc([C@H](C)NC(=O)c2ccc(CN3CCN(S(=O)(=O)c4ccccc4)CC3)cc2)cc1. The molecule has 0 unspecified atom stereocenters. The van der Waals surface area contributed by atoms with Crippen LogP contribution in [0, 0.1) is 6.92 Å². The van der Waals surface area contributed by atoms with Gasteiger partial charge in [-0.3, -0.25) is 9.69 Å². The molecule has 1 saturated heterocycles. The van der Waals surface area contributed by atoms with Gasteiger partial charge in [-0.2, -0.15) is 4.31 Å². The van der Waals surface area contributed by atoms with Gasteiger partial charge in [0.2, 0.25) is 10.0 Å². The zero-order valence-electron chi connectivity index (χ0n) is 19.6. The van der Waals surface area contributed by atoms with E-state index in [1.165, 1.54) is 5.56 Å². The number of hydrogen-bond acceptors (Lipinski definition) is 4. The van der Waals surface area contributed by atoms with Crippen molar-refractivity contribution in [3.63, 3.8) is 0 Å². The van der Waals surface area contributed by atoms with Crippen molar-refractivity contribution in [2.45, 2.75) is 31.3 Å². The molecule has 1 aliphatic rings. The first kappa shape index (κ1) is 24.1. The lowest BCUT2D eigenvalue weighted by molar-refractivity contribution is 0.0940. The Hall–Kier alpha value is -3.00. The molecule has 0 saturated carbocycles. The molecule has 1 N–H and O–H groups in total. The molecule has 3 aromatic carbocycles. The molecule has 0 bridgehead atoms. The zero-order valence-corrected chi connectivity index (χ0v) is 20.5. The van der Waals surface area contributed by atoms with Crippen LogP contribution in [-0.4, -0.2) is 49.7 Å². The standard InChI is InChI=1S/C27H31N3O3S/c1-21-8-12-24(13-9-21)22(2)28-27(31)25-14-10-23(11-15-25)20-29-16-18-30(19-17-29)34(32,33)26-6-4-3-5-7-26/h3-15,22H,16-20H2,1-2H3,(H,28,31)/t22-/m0/s1. The van der Waals surface area contributed by atoms with Gasteiger partial charge >= 0.3 is 0 Å². The first-order valence-corrected chi connectivity index (χ1v) is 13.0. The Kier molecular flexibility index (Phi) is 7.46. The van der Waals surface area contributed by atoms with Crippen molar-refractivity contribution in [2.24, 2.45) is 0 Å². The maximum Gasteiger partial charge on any atom is 0.251 e. The van der Waals surface area contributed by atoms with Crippen LogP contribution in [0.3, 0.4) is 0 Å². The van der Waals surface area contributed by atoms with Crippen molar-refractivity contribution in [1.82, 2.24) is 14.5 Å². The summed E-state index contributed by atoms with van der Waals surface area (Å²) in [5, 5.41) is 3.05. The third-order valence-corrected chi connectivity index (χ3v) is 8.17. The highest BCUT2D eigenvalue weighted by atomic mass is 32.2. The van der Waals surface area contributed by atoms with Gasteiger partial charge in [-0.15, -0.1) is 0 Å². The lowest BCUT2D eigenvalue weighted by Gasteiger charge is -2.34. The Morgan fingerprint density at radius 3 is 2.12 bits per heavy atom. The fourth-order valence-electron chi connectivity index (χ4n) is 4.11. The molecule has 4 rings (SSSR count). The second-order valence-corrected chi connectivity index (χ2v) is 10.7. The summed E-state index contributed by atoms with van der Waals surface area (Å²) in [5.41, 5.74) is 3.99. The Labute approximate surface area is 202 Å². The molecule has 1 aliphatic heterocycles. The molecule has 0 spiro atoms. The second-order valence-electron chi connectivity index (χ2n) is 8.80. The van der Waals surface area contributed by atoms with Gasteiger partial charge in [0.1, 0.15) is 0 Å². The Morgan fingerprint density at radius 1 is 0.882 bits per heavy atom. The molecule has 0 radical (unpaired) electrons. The fraction of sp³-hybridized carbons (Fsp3) is 0.296. The van der Waals surface area contributed by atoms with Gasteiger partial charge in [0.05, 0.1) is 10.9 Å². The van der Waals surface area contributed by atoms with Crippen molar-refractivity contribution in [3.05, 3.63) is 101 Å². The predicted octanol–water partition coefficient (Wildman–Crippen LogP) is 3.99. The van der Waals surface area contributed by atoms with Gasteiger partial charge < -0.3 is 5.32 Å². The summed E-state index contributed by atoms with van der Waals surface area (Å²) in [4.78, 5) is 15.2. The minimum Gasteiger partial charge on any atom is -0.346 e. The van der Waals surface area contributed by atoms with Crippen LogP contribution < -0.4 is 5.32 Å². The van der Waals surface area contributed by atoms with Crippen molar-refractivity contribution >= 4 is 15.9 Å². The molecule has 0 aromatic heterocycles. The van der Waals surface area contributed by atoms with E-state index in [0.29, 0.717) is 36.6 Å². The van der Waals surface area contributed by atoms with Crippen LogP contribution in [0.25, 0.3) is 0 Å². The van der Waals surface area contributed by atoms with Crippen molar-refractivity contribution in [1.29, 1.82) is 0 Å². The smallest absolute Gasteiger partial charge is 0.251 e. The summed E-state index contributed by atoms with van der Waals surface area (Å²) < 4.78 is 27.2. The predicted molar refractivity (Wildman–Crippen MR) is 134 cm³/mol. The van der Waals surface area contributed by atoms with Crippen molar-refractivity contribution < 1.29 is 13.2 Å². The average molecular weight is 478 g/mol. The summed E-state index contributed by atoms with van der Waals surface area (Å²) in [6.07, 6.45) is 0. The maximum absolute atomic E-state index is 12.8. The minimum atomic E-state index is -3.44. The number of hydrogen-bond donors (Lipinski definition) is 1.